The largest absolute Gasteiger partial charge is 0.388 e. The van der Waals surface area contributed by atoms with Crippen LogP contribution < -0.4 is 5.32 Å². The maximum Gasteiger partial charge on any atom is 0.0378 e. The van der Waals surface area contributed by atoms with Gasteiger partial charge in [-0.15, -0.1) is 0 Å². The van der Waals surface area contributed by atoms with E-state index in [1.54, 1.807) is 0 Å². The number of hydrogen-bond acceptors (Lipinski definition) is 2. The molecule has 0 bridgehead atoms. The van der Waals surface area contributed by atoms with E-state index in [9.17, 15) is 0 Å². The van der Waals surface area contributed by atoms with Crippen LogP contribution in [-0.4, -0.2) is 30.6 Å². The van der Waals surface area contributed by atoms with Gasteiger partial charge in [0, 0.05) is 31.4 Å². The topological polar surface area (TPSA) is 15.3 Å². The van der Waals surface area contributed by atoms with Crippen LogP contribution in [-0.2, 0) is 0 Å². The van der Waals surface area contributed by atoms with Crippen molar-refractivity contribution in [3.63, 3.8) is 0 Å². The second-order valence-corrected chi connectivity index (χ2v) is 3.45. The average Bonchev–Trinajstić information content (AvgIpc) is 2.13. The third-order valence-corrected chi connectivity index (χ3v) is 2.12. The lowest BCUT2D eigenvalue weighted by molar-refractivity contribution is 0.247. The van der Waals surface area contributed by atoms with E-state index in [4.69, 9.17) is 0 Å². The highest BCUT2D eigenvalue weighted by molar-refractivity contribution is 4.96. The van der Waals surface area contributed by atoms with Gasteiger partial charge in [-0.2, -0.15) is 0 Å². The minimum atomic E-state index is 0.645. The quantitative estimate of drug-likeness (QED) is 0.610. The zero-order chi connectivity index (χ0) is 8.27. The smallest absolute Gasteiger partial charge is 0.0378 e. The minimum absolute atomic E-state index is 0.645. The standard InChI is InChI=1S/C9H18N2/c1-8(2)11-6-4-5-10-9(3)7-11/h8,10H,3-7H2,1-2H3. The Labute approximate surface area is 69.3 Å². The lowest BCUT2D eigenvalue weighted by atomic mass is 10.3. The van der Waals surface area contributed by atoms with Gasteiger partial charge in [0.25, 0.3) is 0 Å². The van der Waals surface area contributed by atoms with Crippen LogP contribution in [0.3, 0.4) is 0 Å². The number of nitrogens with one attached hydrogen (secondary N) is 1. The summed E-state index contributed by atoms with van der Waals surface area (Å²) in [6.07, 6.45) is 1.23. The van der Waals surface area contributed by atoms with Crippen molar-refractivity contribution in [3.8, 4) is 0 Å². The van der Waals surface area contributed by atoms with Gasteiger partial charge in [-0.1, -0.05) is 6.58 Å². The summed E-state index contributed by atoms with van der Waals surface area (Å²) < 4.78 is 0. The minimum Gasteiger partial charge on any atom is -0.388 e. The van der Waals surface area contributed by atoms with Crippen molar-refractivity contribution in [3.05, 3.63) is 12.3 Å². The van der Waals surface area contributed by atoms with Gasteiger partial charge >= 0.3 is 0 Å². The van der Waals surface area contributed by atoms with E-state index in [-0.39, 0.29) is 0 Å². The summed E-state index contributed by atoms with van der Waals surface area (Å²) >= 11 is 0. The molecule has 0 spiro atoms. The molecule has 0 amide bonds. The van der Waals surface area contributed by atoms with Crippen LogP contribution >= 0.6 is 0 Å². The summed E-state index contributed by atoms with van der Waals surface area (Å²) in [7, 11) is 0. The Kier molecular flexibility index (Phi) is 2.94. The fourth-order valence-electron chi connectivity index (χ4n) is 1.37. The van der Waals surface area contributed by atoms with Crippen molar-refractivity contribution >= 4 is 0 Å². The first-order valence-corrected chi connectivity index (χ1v) is 4.36. The van der Waals surface area contributed by atoms with E-state index in [0.29, 0.717) is 6.04 Å². The molecule has 0 aromatic carbocycles. The van der Waals surface area contributed by atoms with Crippen LogP contribution in [0.4, 0.5) is 0 Å². The molecule has 1 fully saturated rings. The zero-order valence-electron chi connectivity index (χ0n) is 7.56. The lowest BCUT2D eigenvalue weighted by Gasteiger charge is -2.23. The monoisotopic (exact) mass is 154 g/mol. The Morgan fingerprint density at radius 2 is 2.27 bits per heavy atom. The molecule has 1 saturated heterocycles. The van der Waals surface area contributed by atoms with E-state index < -0.39 is 0 Å². The normalized spacial score (nSPS) is 21.5. The van der Waals surface area contributed by atoms with Crippen LogP contribution in [0.15, 0.2) is 12.3 Å². The molecule has 11 heavy (non-hydrogen) atoms. The highest BCUT2D eigenvalue weighted by atomic mass is 15.2. The van der Waals surface area contributed by atoms with Crippen LogP contribution in [0.1, 0.15) is 20.3 Å². The molecule has 0 aromatic heterocycles. The van der Waals surface area contributed by atoms with Crippen molar-refractivity contribution in [1.29, 1.82) is 0 Å². The number of rotatable bonds is 1. The Bertz CT molecular complexity index is 140. The number of nitrogens with zero attached hydrogens (tertiary/aromatic N) is 1. The summed E-state index contributed by atoms with van der Waals surface area (Å²) in [6.45, 7) is 11.7. The Morgan fingerprint density at radius 3 is 2.91 bits per heavy atom. The van der Waals surface area contributed by atoms with Crippen molar-refractivity contribution in [2.45, 2.75) is 26.3 Å². The molecular formula is C9H18N2. The summed E-state index contributed by atoms with van der Waals surface area (Å²) in [5.74, 6) is 0. The Balaban J connectivity index is 2.45. The molecule has 1 heterocycles. The average molecular weight is 154 g/mol. The van der Waals surface area contributed by atoms with E-state index >= 15 is 0 Å². The molecule has 1 aliphatic heterocycles. The predicted octanol–water partition coefficient (Wildman–Crippen LogP) is 1.20. The first-order valence-electron chi connectivity index (χ1n) is 4.36. The molecule has 0 atom stereocenters. The van der Waals surface area contributed by atoms with E-state index in [2.05, 4.69) is 30.6 Å². The summed E-state index contributed by atoms with van der Waals surface area (Å²) in [6, 6.07) is 0.645. The van der Waals surface area contributed by atoms with E-state index in [1.807, 2.05) is 0 Å². The molecule has 0 radical (unpaired) electrons. The van der Waals surface area contributed by atoms with Gasteiger partial charge < -0.3 is 5.32 Å². The molecule has 0 aromatic rings. The first-order chi connectivity index (χ1) is 5.20. The molecule has 1 rings (SSSR count). The molecule has 2 heteroatoms. The Hall–Kier alpha value is -0.500. The van der Waals surface area contributed by atoms with Gasteiger partial charge in [0.2, 0.25) is 0 Å². The van der Waals surface area contributed by atoms with Gasteiger partial charge in [0.05, 0.1) is 0 Å². The highest BCUT2D eigenvalue weighted by Crippen LogP contribution is 2.05. The maximum absolute atomic E-state index is 3.95. The van der Waals surface area contributed by atoms with Gasteiger partial charge in [-0.25, -0.2) is 0 Å². The molecule has 1 N–H and O–H groups in total. The van der Waals surface area contributed by atoms with Crippen molar-refractivity contribution < 1.29 is 0 Å². The van der Waals surface area contributed by atoms with E-state index in [1.165, 1.54) is 13.0 Å². The van der Waals surface area contributed by atoms with Crippen LogP contribution in [0, 0.1) is 0 Å². The fraction of sp³-hybridized carbons (Fsp3) is 0.778. The SMILES string of the molecule is C=C1CN(C(C)C)CCCN1. The molecule has 2 nitrogen and oxygen atoms in total. The number of hydrogen-bond donors (Lipinski definition) is 1. The lowest BCUT2D eigenvalue weighted by Crippen LogP contribution is -2.32. The second kappa shape index (κ2) is 3.77. The molecule has 1 aliphatic rings. The maximum atomic E-state index is 3.95. The first kappa shape index (κ1) is 8.60. The van der Waals surface area contributed by atoms with Crippen LogP contribution in [0.25, 0.3) is 0 Å². The third-order valence-electron chi connectivity index (χ3n) is 2.12. The van der Waals surface area contributed by atoms with Gasteiger partial charge in [-0.05, 0) is 20.3 Å². The summed E-state index contributed by atoms with van der Waals surface area (Å²) in [5, 5.41) is 3.29. The van der Waals surface area contributed by atoms with Crippen molar-refractivity contribution in [1.82, 2.24) is 10.2 Å². The molecule has 0 aliphatic carbocycles. The Morgan fingerprint density at radius 1 is 1.55 bits per heavy atom. The van der Waals surface area contributed by atoms with Gasteiger partial charge in [0.15, 0.2) is 0 Å². The van der Waals surface area contributed by atoms with E-state index in [0.717, 1.165) is 18.8 Å². The fourth-order valence-corrected chi connectivity index (χ4v) is 1.37. The molecular weight excluding hydrogens is 136 g/mol. The predicted molar refractivity (Wildman–Crippen MR) is 48.5 cm³/mol. The van der Waals surface area contributed by atoms with Gasteiger partial charge in [-0.3, -0.25) is 4.90 Å². The summed E-state index contributed by atoms with van der Waals surface area (Å²) in [5.41, 5.74) is 1.16. The zero-order valence-corrected chi connectivity index (χ0v) is 7.56. The molecule has 0 saturated carbocycles. The van der Waals surface area contributed by atoms with Crippen molar-refractivity contribution in [2.24, 2.45) is 0 Å². The van der Waals surface area contributed by atoms with Gasteiger partial charge in [0.1, 0.15) is 0 Å². The van der Waals surface area contributed by atoms with Crippen LogP contribution in [0.2, 0.25) is 0 Å². The second-order valence-electron chi connectivity index (χ2n) is 3.45. The highest BCUT2D eigenvalue weighted by Gasteiger charge is 2.12. The third kappa shape index (κ3) is 2.54. The summed E-state index contributed by atoms with van der Waals surface area (Å²) in [4.78, 5) is 2.45. The molecule has 0 unspecified atom stereocenters. The van der Waals surface area contributed by atoms with Crippen LogP contribution in [0.5, 0.6) is 0 Å². The van der Waals surface area contributed by atoms with Crippen molar-refractivity contribution in [2.75, 3.05) is 19.6 Å². The molecule has 64 valence electrons.